The van der Waals surface area contributed by atoms with Crippen LogP contribution in [0.2, 0.25) is 0 Å². The molecule has 0 radical (unpaired) electrons. The fraction of sp³-hybridized carbons (Fsp3) is 0.429. The van der Waals surface area contributed by atoms with Crippen molar-refractivity contribution < 1.29 is 22.8 Å². The molecular weight excluding hydrogens is 308 g/mol. The van der Waals surface area contributed by atoms with Gasteiger partial charge in [-0.3, -0.25) is 4.79 Å². The number of hydrogen-bond donors (Lipinski definition) is 2. The first-order valence-corrected chi connectivity index (χ1v) is 8.65. The fourth-order valence-corrected chi connectivity index (χ4v) is 3.20. The molecule has 22 heavy (non-hydrogen) atoms. The second kappa shape index (κ2) is 7.37. The van der Waals surface area contributed by atoms with Crippen molar-refractivity contribution in [1.29, 1.82) is 0 Å². The standard InChI is InChI=1S/C14H18N2O5S/c17-14(18)8-2-1-5-9-15-22(19,20)10-12-11-6-3-4-7-13(11)21-16-12/h3-4,6-7,15H,1-2,5,8-10H2,(H,17,18). The fourth-order valence-electron chi connectivity index (χ4n) is 2.08. The number of rotatable bonds is 9. The molecule has 0 aliphatic carbocycles. The first-order valence-electron chi connectivity index (χ1n) is 7.00. The lowest BCUT2D eigenvalue weighted by Crippen LogP contribution is -2.26. The van der Waals surface area contributed by atoms with E-state index < -0.39 is 16.0 Å². The number of hydrogen-bond acceptors (Lipinski definition) is 5. The van der Waals surface area contributed by atoms with Gasteiger partial charge in [-0.15, -0.1) is 0 Å². The van der Waals surface area contributed by atoms with E-state index >= 15 is 0 Å². The van der Waals surface area contributed by atoms with E-state index in [1.807, 2.05) is 0 Å². The van der Waals surface area contributed by atoms with Crippen LogP contribution in [-0.4, -0.2) is 31.2 Å². The first kappa shape index (κ1) is 16.4. The molecule has 2 N–H and O–H groups in total. The molecule has 0 atom stereocenters. The quantitative estimate of drug-likeness (QED) is 0.681. The summed E-state index contributed by atoms with van der Waals surface area (Å²) in [6.45, 7) is 0.289. The zero-order valence-corrected chi connectivity index (χ0v) is 12.8. The Labute approximate surface area is 128 Å². The van der Waals surface area contributed by atoms with Crippen LogP contribution >= 0.6 is 0 Å². The predicted molar refractivity (Wildman–Crippen MR) is 80.7 cm³/mol. The molecule has 0 amide bonds. The summed E-state index contributed by atoms with van der Waals surface area (Å²) in [5.74, 6) is -1.07. The average Bonchev–Trinajstić information content (AvgIpc) is 2.85. The molecule has 0 saturated heterocycles. The monoisotopic (exact) mass is 326 g/mol. The minimum atomic E-state index is -3.49. The molecular formula is C14H18N2O5S. The van der Waals surface area contributed by atoms with E-state index in [2.05, 4.69) is 9.88 Å². The van der Waals surface area contributed by atoms with Gasteiger partial charge in [0, 0.05) is 18.4 Å². The van der Waals surface area contributed by atoms with Crippen LogP contribution in [0, 0.1) is 0 Å². The first-order chi connectivity index (χ1) is 10.5. The Morgan fingerprint density at radius 2 is 2.00 bits per heavy atom. The number of carboxylic acids is 1. The Morgan fingerprint density at radius 1 is 1.23 bits per heavy atom. The van der Waals surface area contributed by atoms with Gasteiger partial charge >= 0.3 is 5.97 Å². The normalized spacial score (nSPS) is 11.8. The van der Waals surface area contributed by atoms with Gasteiger partial charge in [0.05, 0.1) is 0 Å². The van der Waals surface area contributed by atoms with Gasteiger partial charge in [0.1, 0.15) is 11.4 Å². The molecule has 0 unspecified atom stereocenters. The van der Waals surface area contributed by atoms with Gasteiger partial charge in [-0.25, -0.2) is 13.1 Å². The Balaban J connectivity index is 1.82. The molecule has 2 aromatic rings. The van der Waals surface area contributed by atoms with E-state index in [-0.39, 0.29) is 18.7 Å². The Bertz CT molecular complexity index is 739. The van der Waals surface area contributed by atoms with Crippen LogP contribution < -0.4 is 4.72 Å². The third kappa shape index (κ3) is 4.81. The van der Waals surface area contributed by atoms with Gasteiger partial charge < -0.3 is 9.63 Å². The summed E-state index contributed by atoms with van der Waals surface area (Å²) < 4.78 is 31.6. The van der Waals surface area contributed by atoms with Crippen molar-refractivity contribution in [2.45, 2.75) is 31.4 Å². The van der Waals surface area contributed by atoms with E-state index in [1.165, 1.54) is 0 Å². The summed E-state index contributed by atoms with van der Waals surface area (Å²) in [5, 5.41) is 13.0. The number of nitrogens with zero attached hydrogens (tertiary/aromatic N) is 1. The number of fused-ring (bicyclic) bond motifs is 1. The summed E-state index contributed by atoms with van der Waals surface area (Å²) >= 11 is 0. The maximum atomic E-state index is 12.0. The minimum absolute atomic E-state index is 0.109. The van der Waals surface area contributed by atoms with Gasteiger partial charge in [-0.05, 0) is 25.0 Å². The van der Waals surface area contributed by atoms with Crippen LogP contribution in [0.15, 0.2) is 28.8 Å². The number of carboxylic acid groups (broad SMARTS) is 1. The highest BCUT2D eigenvalue weighted by Gasteiger charge is 2.16. The van der Waals surface area contributed by atoms with E-state index in [9.17, 15) is 13.2 Å². The van der Waals surface area contributed by atoms with E-state index in [0.29, 0.717) is 35.9 Å². The SMILES string of the molecule is O=C(O)CCCCCNS(=O)(=O)Cc1noc2ccccc12. The molecule has 7 nitrogen and oxygen atoms in total. The summed E-state index contributed by atoms with van der Waals surface area (Å²) in [6, 6.07) is 7.09. The molecule has 0 aliphatic rings. The maximum Gasteiger partial charge on any atom is 0.303 e. The van der Waals surface area contributed by atoms with Gasteiger partial charge in [0.25, 0.3) is 0 Å². The van der Waals surface area contributed by atoms with E-state index in [0.717, 1.165) is 0 Å². The molecule has 0 saturated carbocycles. The van der Waals surface area contributed by atoms with Crippen molar-refractivity contribution in [3.63, 3.8) is 0 Å². The van der Waals surface area contributed by atoms with Crippen molar-refractivity contribution in [3.05, 3.63) is 30.0 Å². The second-order valence-corrected chi connectivity index (χ2v) is 6.79. The number of aromatic nitrogens is 1. The van der Waals surface area contributed by atoms with Gasteiger partial charge in [-0.2, -0.15) is 0 Å². The number of unbranched alkanes of at least 4 members (excludes halogenated alkanes) is 2. The summed E-state index contributed by atoms with van der Waals surface area (Å²) in [7, 11) is -3.49. The summed E-state index contributed by atoms with van der Waals surface area (Å²) in [4.78, 5) is 10.3. The summed E-state index contributed by atoms with van der Waals surface area (Å²) in [5.41, 5.74) is 0.940. The van der Waals surface area contributed by atoms with E-state index in [1.54, 1.807) is 24.3 Å². The number of benzene rings is 1. The van der Waals surface area contributed by atoms with Crippen molar-refractivity contribution in [3.8, 4) is 0 Å². The number of sulfonamides is 1. The highest BCUT2D eigenvalue weighted by atomic mass is 32.2. The third-order valence-electron chi connectivity index (χ3n) is 3.17. The van der Waals surface area contributed by atoms with Crippen LogP contribution in [0.25, 0.3) is 11.0 Å². The molecule has 0 spiro atoms. The number of carbonyl (C=O) groups is 1. The smallest absolute Gasteiger partial charge is 0.303 e. The van der Waals surface area contributed by atoms with Crippen molar-refractivity contribution in [2.24, 2.45) is 0 Å². The highest BCUT2D eigenvalue weighted by molar-refractivity contribution is 7.88. The highest BCUT2D eigenvalue weighted by Crippen LogP contribution is 2.19. The predicted octanol–water partition coefficient (Wildman–Crippen LogP) is 1.89. The van der Waals surface area contributed by atoms with Crippen LogP contribution in [0.4, 0.5) is 0 Å². The van der Waals surface area contributed by atoms with Gasteiger partial charge in [-0.1, -0.05) is 23.7 Å². The number of nitrogens with one attached hydrogen (secondary N) is 1. The van der Waals surface area contributed by atoms with Crippen molar-refractivity contribution >= 4 is 27.0 Å². The molecule has 0 aliphatic heterocycles. The Morgan fingerprint density at radius 3 is 2.77 bits per heavy atom. The van der Waals surface area contributed by atoms with Crippen LogP contribution in [0.5, 0.6) is 0 Å². The largest absolute Gasteiger partial charge is 0.481 e. The number of aliphatic carboxylic acids is 1. The topological polar surface area (TPSA) is 110 Å². The molecule has 0 bridgehead atoms. The van der Waals surface area contributed by atoms with Crippen LogP contribution in [-0.2, 0) is 20.6 Å². The average molecular weight is 326 g/mol. The van der Waals surface area contributed by atoms with Crippen LogP contribution in [0.3, 0.4) is 0 Å². The minimum Gasteiger partial charge on any atom is -0.481 e. The van der Waals surface area contributed by atoms with Gasteiger partial charge in [0.15, 0.2) is 5.58 Å². The van der Waals surface area contributed by atoms with Crippen molar-refractivity contribution in [2.75, 3.05) is 6.54 Å². The molecule has 0 fully saturated rings. The summed E-state index contributed by atoms with van der Waals surface area (Å²) in [6.07, 6.45) is 1.93. The molecule has 1 aromatic heterocycles. The third-order valence-corrected chi connectivity index (χ3v) is 4.47. The van der Waals surface area contributed by atoms with Crippen LogP contribution in [0.1, 0.15) is 31.4 Å². The molecule has 2 rings (SSSR count). The van der Waals surface area contributed by atoms with E-state index in [4.69, 9.17) is 9.63 Å². The number of para-hydroxylation sites is 1. The lowest BCUT2D eigenvalue weighted by Gasteiger charge is -2.05. The second-order valence-electron chi connectivity index (χ2n) is 4.98. The Hall–Kier alpha value is -1.93. The molecule has 120 valence electrons. The van der Waals surface area contributed by atoms with Crippen molar-refractivity contribution in [1.82, 2.24) is 9.88 Å². The molecule has 1 heterocycles. The van der Waals surface area contributed by atoms with Gasteiger partial charge in [0.2, 0.25) is 10.0 Å². The zero-order chi connectivity index (χ0) is 16.0. The lowest BCUT2D eigenvalue weighted by atomic mass is 10.2. The maximum absolute atomic E-state index is 12.0. The lowest BCUT2D eigenvalue weighted by molar-refractivity contribution is -0.137. The zero-order valence-electron chi connectivity index (χ0n) is 12.0. The Kier molecular flexibility index (Phi) is 5.51. The molecule has 1 aromatic carbocycles. The molecule has 8 heteroatoms.